The topological polar surface area (TPSA) is 50.8 Å². The van der Waals surface area contributed by atoms with Gasteiger partial charge in [-0.05, 0) is 81.3 Å². The van der Waals surface area contributed by atoms with Crippen LogP contribution in [0.5, 0.6) is 5.75 Å². The molecule has 2 aliphatic rings. The van der Waals surface area contributed by atoms with Crippen LogP contribution in [0.4, 0.5) is 5.69 Å². The van der Waals surface area contributed by atoms with Gasteiger partial charge in [0.2, 0.25) is 5.91 Å². The molecule has 2 saturated heterocycles. The molecule has 5 heteroatoms. The number of rotatable bonds is 8. The van der Waals surface area contributed by atoms with E-state index in [0.717, 1.165) is 35.9 Å². The van der Waals surface area contributed by atoms with E-state index in [-0.39, 0.29) is 5.91 Å². The van der Waals surface area contributed by atoms with E-state index < -0.39 is 5.41 Å². The molecule has 178 valence electrons. The van der Waals surface area contributed by atoms with Crippen LogP contribution < -0.4 is 10.1 Å². The van der Waals surface area contributed by atoms with Crippen molar-refractivity contribution in [1.82, 2.24) is 4.90 Å². The molecule has 0 bridgehead atoms. The Bertz CT molecular complexity index is 888. The molecule has 2 aliphatic heterocycles. The summed E-state index contributed by atoms with van der Waals surface area (Å²) in [6, 6.07) is 16.1. The number of anilines is 1. The lowest BCUT2D eigenvalue weighted by molar-refractivity contribution is -0.125. The summed E-state index contributed by atoms with van der Waals surface area (Å²) in [6.07, 6.45) is 5.09. The van der Waals surface area contributed by atoms with Gasteiger partial charge in [0.25, 0.3) is 0 Å². The Morgan fingerprint density at radius 3 is 2.55 bits per heavy atom. The first-order chi connectivity index (χ1) is 16.0. The average Bonchev–Trinajstić information content (AvgIpc) is 2.84. The van der Waals surface area contributed by atoms with Crippen LogP contribution in [0.2, 0.25) is 0 Å². The third kappa shape index (κ3) is 6.15. The first-order valence-electron chi connectivity index (χ1n) is 12.5. The van der Waals surface area contributed by atoms with Crippen molar-refractivity contribution in [2.24, 2.45) is 5.92 Å². The number of amides is 1. The highest BCUT2D eigenvalue weighted by molar-refractivity contribution is 5.99. The van der Waals surface area contributed by atoms with Crippen LogP contribution in [0.25, 0.3) is 0 Å². The van der Waals surface area contributed by atoms with Crippen molar-refractivity contribution in [2.75, 3.05) is 44.8 Å². The van der Waals surface area contributed by atoms with Gasteiger partial charge in [0.1, 0.15) is 5.75 Å². The predicted octanol–water partition coefficient (Wildman–Crippen LogP) is 5.18. The van der Waals surface area contributed by atoms with Crippen molar-refractivity contribution in [3.05, 3.63) is 59.7 Å². The molecule has 0 saturated carbocycles. The van der Waals surface area contributed by atoms with Crippen molar-refractivity contribution in [1.29, 1.82) is 0 Å². The lowest BCUT2D eigenvalue weighted by atomic mass is 9.73. The third-order valence-electron chi connectivity index (χ3n) is 7.13. The number of carbonyl (C=O) groups is 1. The lowest BCUT2D eigenvalue weighted by Crippen LogP contribution is -2.44. The first kappa shape index (κ1) is 23.8. The second kappa shape index (κ2) is 11.2. The van der Waals surface area contributed by atoms with Crippen molar-refractivity contribution in [3.8, 4) is 5.75 Å². The minimum Gasteiger partial charge on any atom is -0.494 e. The van der Waals surface area contributed by atoms with Crippen LogP contribution in [-0.2, 0) is 14.9 Å². The fourth-order valence-electron chi connectivity index (χ4n) is 5.09. The van der Waals surface area contributed by atoms with E-state index >= 15 is 0 Å². The van der Waals surface area contributed by atoms with Gasteiger partial charge in [0.05, 0.1) is 12.0 Å². The summed E-state index contributed by atoms with van der Waals surface area (Å²) >= 11 is 0. The Labute approximate surface area is 198 Å². The summed E-state index contributed by atoms with van der Waals surface area (Å²) in [5, 5.41) is 3.15. The van der Waals surface area contributed by atoms with Gasteiger partial charge < -0.3 is 19.7 Å². The van der Waals surface area contributed by atoms with Crippen LogP contribution in [0.15, 0.2) is 48.5 Å². The third-order valence-corrected chi connectivity index (χ3v) is 7.13. The van der Waals surface area contributed by atoms with E-state index in [4.69, 9.17) is 9.47 Å². The molecular weight excluding hydrogens is 412 g/mol. The molecule has 4 rings (SSSR count). The smallest absolute Gasteiger partial charge is 0.235 e. The normalized spacial score (nSPS) is 20.8. The molecule has 1 N–H and O–H groups in total. The van der Waals surface area contributed by atoms with E-state index in [9.17, 15) is 4.79 Å². The fourth-order valence-corrected chi connectivity index (χ4v) is 5.09. The standard InChI is InChI=1S/C28H38N2O3/c1-22-6-8-24(9-7-22)28(14-19-32-20-15-28)27(31)29-25-10-12-26(13-11-25)33-18-4-17-30-16-3-5-23(2)21-30/h6-13,23H,3-5,14-21H2,1-2H3,(H,29,31)/t23-/m1/s1. The summed E-state index contributed by atoms with van der Waals surface area (Å²) in [5.41, 5.74) is 2.51. The maximum atomic E-state index is 13.4. The summed E-state index contributed by atoms with van der Waals surface area (Å²) in [4.78, 5) is 16.0. The summed E-state index contributed by atoms with van der Waals surface area (Å²) < 4.78 is 11.5. The molecule has 33 heavy (non-hydrogen) atoms. The highest BCUT2D eigenvalue weighted by atomic mass is 16.5. The second-order valence-electron chi connectivity index (χ2n) is 9.79. The number of nitrogens with zero attached hydrogens (tertiary/aromatic N) is 1. The molecule has 2 aromatic carbocycles. The number of aryl methyl sites for hydroxylation is 1. The number of benzene rings is 2. The van der Waals surface area contributed by atoms with Crippen LogP contribution >= 0.6 is 0 Å². The Morgan fingerprint density at radius 1 is 1.12 bits per heavy atom. The maximum Gasteiger partial charge on any atom is 0.235 e. The molecule has 0 aliphatic carbocycles. The molecule has 0 radical (unpaired) electrons. The van der Waals surface area contributed by atoms with Gasteiger partial charge >= 0.3 is 0 Å². The molecule has 2 fully saturated rings. The Hall–Kier alpha value is -2.37. The minimum atomic E-state index is -0.549. The van der Waals surface area contributed by atoms with E-state index in [2.05, 4.69) is 48.3 Å². The number of carbonyl (C=O) groups excluding carboxylic acids is 1. The van der Waals surface area contributed by atoms with E-state index in [1.807, 2.05) is 24.3 Å². The van der Waals surface area contributed by atoms with Gasteiger partial charge in [0, 0.05) is 32.0 Å². The Morgan fingerprint density at radius 2 is 1.85 bits per heavy atom. The van der Waals surface area contributed by atoms with Crippen LogP contribution in [0.3, 0.4) is 0 Å². The number of nitrogens with one attached hydrogen (secondary N) is 1. The zero-order chi connectivity index (χ0) is 23.1. The molecule has 2 heterocycles. The predicted molar refractivity (Wildman–Crippen MR) is 133 cm³/mol. The molecule has 1 amide bonds. The average molecular weight is 451 g/mol. The molecule has 0 unspecified atom stereocenters. The van der Waals surface area contributed by atoms with E-state index in [1.54, 1.807) is 0 Å². The molecule has 2 aromatic rings. The maximum absolute atomic E-state index is 13.4. The lowest BCUT2D eigenvalue weighted by Gasteiger charge is -2.36. The quantitative estimate of drug-likeness (QED) is 0.563. The largest absolute Gasteiger partial charge is 0.494 e. The Kier molecular flexibility index (Phi) is 8.05. The molecular formula is C28H38N2O3. The van der Waals surface area contributed by atoms with Crippen molar-refractivity contribution in [3.63, 3.8) is 0 Å². The van der Waals surface area contributed by atoms with Crippen molar-refractivity contribution in [2.45, 2.75) is 51.4 Å². The molecule has 1 atom stereocenters. The van der Waals surface area contributed by atoms with Gasteiger partial charge in [-0.3, -0.25) is 4.79 Å². The second-order valence-corrected chi connectivity index (χ2v) is 9.79. The zero-order valence-electron chi connectivity index (χ0n) is 20.1. The number of piperidine rings is 1. The highest BCUT2D eigenvalue weighted by Gasteiger charge is 2.41. The number of hydrogen-bond donors (Lipinski definition) is 1. The van der Waals surface area contributed by atoms with Crippen molar-refractivity contribution < 1.29 is 14.3 Å². The summed E-state index contributed by atoms with van der Waals surface area (Å²) in [5.74, 6) is 1.70. The van der Waals surface area contributed by atoms with Gasteiger partial charge in [-0.25, -0.2) is 0 Å². The SMILES string of the molecule is Cc1ccc(C2(C(=O)Nc3ccc(OCCCN4CCC[C@@H](C)C4)cc3)CCOCC2)cc1. The Balaban J connectivity index is 1.31. The van der Waals surface area contributed by atoms with Crippen LogP contribution in [0, 0.1) is 12.8 Å². The first-order valence-corrected chi connectivity index (χ1v) is 12.5. The van der Waals surface area contributed by atoms with E-state index in [1.165, 1.54) is 31.5 Å². The van der Waals surface area contributed by atoms with Crippen LogP contribution in [-0.4, -0.2) is 50.3 Å². The van der Waals surface area contributed by atoms with Gasteiger partial charge in [-0.15, -0.1) is 0 Å². The molecule has 0 spiro atoms. The summed E-state index contributed by atoms with van der Waals surface area (Å²) in [6.45, 7) is 9.86. The number of likely N-dealkylation sites (tertiary alicyclic amines) is 1. The van der Waals surface area contributed by atoms with Crippen LogP contribution in [0.1, 0.15) is 50.2 Å². The highest BCUT2D eigenvalue weighted by Crippen LogP contribution is 2.36. The monoisotopic (exact) mass is 450 g/mol. The number of hydrogen-bond acceptors (Lipinski definition) is 4. The number of ether oxygens (including phenoxy) is 2. The fraction of sp³-hybridized carbons (Fsp3) is 0.536. The molecule has 0 aromatic heterocycles. The summed E-state index contributed by atoms with van der Waals surface area (Å²) in [7, 11) is 0. The minimum absolute atomic E-state index is 0.0408. The van der Waals surface area contributed by atoms with E-state index in [0.29, 0.717) is 32.7 Å². The zero-order valence-corrected chi connectivity index (χ0v) is 20.1. The van der Waals surface area contributed by atoms with Gasteiger partial charge in [-0.2, -0.15) is 0 Å². The molecule has 5 nitrogen and oxygen atoms in total. The van der Waals surface area contributed by atoms with Crippen molar-refractivity contribution >= 4 is 11.6 Å². The van der Waals surface area contributed by atoms with Gasteiger partial charge in [-0.1, -0.05) is 36.8 Å². The van der Waals surface area contributed by atoms with Gasteiger partial charge in [0.15, 0.2) is 0 Å².